The molecule has 0 unspecified atom stereocenters. The van der Waals surface area contributed by atoms with E-state index in [0.29, 0.717) is 17.1 Å². The molecule has 5 aromatic rings. The van der Waals surface area contributed by atoms with Crippen LogP contribution >= 0.6 is 11.3 Å². The Morgan fingerprint density at radius 1 is 0.800 bits per heavy atom. The number of hydrogen-bond donors (Lipinski definition) is 1. The highest BCUT2D eigenvalue weighted by Crippen LogP contribution is 2.28. The maximum absolute atomic E-state index is 13.1. The minimum absolute atomic E-state index is 0.251. The minimum Gasteiger partial charge on any atom is -0.305 e. The van der Waals surface area contributed by atoms with Crippen molar-refractivity contribution in [3.05, 3.63) is 102 Å². The standard InChI is InChI=1S/C23H17N5OS/c29-23(24-21-13-14-27(25-21)17-8-3-1-4-9-17)19-16-28(18-10-5-2-6-11-18)26-22(19)20-12-7-15-30-20/h1-16H,(H,24,25,29). The highest BCUT2D eigenvalue weighted by Gasteiger charge is 2.20. The zero-order chi connectivity index (χ0) is 20.3. The SMILES string of the molecule is O=C(Nc1ccn(-c2ccccc2)n1)c1cn(-c2ccccc2)nc1-c1cccs1. The molecule has 0 saturated heterocycles. The topological polar surface area (TPSA) is 64.7 Å². The number of hydrogen-bond acceptors (Lipinski definition) is 4. The Balaban J connectivity index is 1.47. The average Bonchev–Trinajstić information content (AvgIpc) is 3.55. The summed E-state index contributed by atoms with van der Waals surface area (Å²) in [4.78, 5) is 14.0. The molecule has 0 bridgehead atoms. The first-order chi connectivity index (χ1) is 14.8. The van der Waals surface area contributed by atoms with Crippen molar-refractivity contribution in [3.8, 4) is 21.9 Å². The second-order valence-electron chi connectivity index (χ2n) is 6.58. The van der Waals surface area contributed by atoms with Gasteiger partial charge in [-0.3, -0.25) is 4.79 Å². The van der Waals surface area contributed by atoms with Gasteiger partial charge in [-0.25, -0.2) is 9.36 Å². The van der Waals surface area contributed by atoms with Gasteiger partial charge >= 0.3 is 0 Å². The van der Waals surface area contributed by atoms with Gasteiger partial charge in [0, 0.05) is 18.5 Å². The number of aromatic nitrogens is 4. The molecule has 5 rings (SSSR count). The van der Waals surface area contributed by atoms with Crippen molar-refractivity contribution >= 4 is 23.1 Å². The van der Waals surface area contributed by atoms with Crippen LogP contribution in [-0.4, -0.2) is 25.5 Å². The van der Waals surface area contributed by atoms with Gasteiger partial charge in [0.15, 0.2) is 5.82 Å². The van der Waals surface area contributed by atoms with Gasteiger partial charge < -0.3 is 5.32 Å². The van der Waals surface area contributed by atoms with Gasteiger partial charge in [-0.15, -0.1) is 11.3 Å². The molecule has 6 nitrogen and oxygen atoms in total. The molecule has 0 spiro atoms. The van der Waals surface area contributed by atoms with E-state index < -0.39 is 0 Å². The average molecular weight is 411 g/mol. The van der Waals surface area contributed by atoms with Crippen LogP contribution in [0.4, 0.5) is 5.82 Å². The molecular weight excluding hydrogens is 394 g/mol. The van der Waals surface area contributed by atoms with E-state index in [0.717, 1.165) is 16.3 Å². The van der Waals surface area contributed by atoms with E-state index in [1.54, 1.807) is 33.0 Å². The second-order valence-corrected chi connectivity index (χ2v) is 7.53. The zero-order valence-electron chi connectivity index (χ0n) is 15.8. The fourth-order valence-corrected chi connectivity index (χ4v) is 3.87. The Labute approximate surface area is 177 Å². The number of nitrogens with zero attached hydrogens (tertiary/aromatic N) is 4. The van der Waals surface area contributed by atoms with Gasteiger partial charge in [-0.05, 0) is 35.7 Å². The number of thiophene rings is 1. The predicted octanol–water partition coefficient (Wildman–Crippen LogP) is 5.04. The van der Waals surface area contributed by atoms with Crippen LogP contribution in [0, 0.1) is 0 Å². The summed E-state index contributed by atoms with van der Waals surface area (Å²) in [6.45, 7) is 0. The number of benzene rings is 2. The lowest BCUT2D eigenvalue weighted by Gasteiger charge is -2.02. The van der Waals surface area contributed by atoms with Crippen LogP contribution in [0.3, 0.4) is 0 Å². The van der Waals surface area contributed by atoms with Gasteiger partial charge in [0.25, 0.3) is 5.91 Å². The third-order valence-corrected chi connectivity index (χ3v) is 5.46. The predicted molar refractivity (Wildman–Crippen MR) is 118 cm³/mol. The van der Waals surface area contributed by atoms with Gasteiger partial charge in [0.05, 0.1) is 21.8 Å². The van der Waals surface area contributed by atoms with E-state index in [1.165, 1.54) is 0 Å². The Morgan fingerprint density at radius 2 is 1.50 bits per heavy atom. The molecular formula is C23H17N5OS. The maximum Gasteiger partial charge on any atom is 0.260 e. The normalized spacial score (nSPS) is 10.8. The van der Waals surface area contributed by atoms with E-state index >= 15 is 0 Å². The smallest absolute Gasteiger partial charge is 0.260 e. The van der Waals surface area contributed by atoms with E-state index in [1.807, 2.05) is 84.4 Å². The molecule has 0 atom stereocenters. The third-order valence-electron chi connectivity index (χ3n) is 4.59. The first-order valence-electron chi connectivity index (χ1n) is 9.39. The summed E-state index contributed by atoms with van der Waals surface area (Å²) in [6.07, 6.45) is 3.58. The van der Waals surface area contributed by atoms with Crippen LogP contribution < -0.4 is 5.32 Å². The van der Waals surface area contributed by atoms with Crippen molar-refractivity contribution < 1.29 is 4.79 Å². The molecule has 146 valence electrons. The molecule has 0 aliphatic rings. The quantitative estimate of drug-likeness (QED) is 0.441. The van der Waals surface area contributed by atoms with Gasteiger partial charge in [-0.2, -0.15) is 10.2 Å². The second kappa shape index (κ2) is 7.81. The molecule has 3 aromatic heterocycles. The molecule has 1 N–H and O–H groups in total. The number of carbonyl (C=O) groups is 1. The molecule has 0 aliphatic heterocycles. The Hall–Kier alpha value is -3.97. The zero-order valence-corrected chi connectivity index (χ0v) is 16.7. The summed E-state index contributed by atoms with van der Waals surface area (Å²) in [7, 11) is 0. The van der Waals surface area contributed by atoms with Gasteiger partial charge in [0.2, 0.25) is 0 Å². The Bertz CT molecular complexity index is 1270. The third kappa shape index (κ3) is 3.54. The minimum atomic E-state index is -0.251. The van der Waals surface area contributed by atoms with Crippen molar-refractivity contribution in [2.75, 3.05) is 5.32 Å². The van der Waals surface area contributed by atoms with E-state index in [9.17, 15) is 4.79 Å². The summed E-state index contributed by atoms with van der Waals surface area (Å²) in [6, 6.07) is 25.2. The van der Waals surface area contributed by atoms with Crippen molar-refractivity contribution in [2.45, 2.75) is 0 Å². The number of para-hydroxylation sites is 2. The van der Waals surface area contributed by atoms with Crippen LogP contribution in [0.5, 0.6) is 0 Å². The lowest BCUT2D eigenvalue weighted by Crippen LogP contribution is -2.13. The van der Waals surface area contributed by atoms with Crippen molar-refractivity contribution in [3.63, 3.8) is 0 Å². The summed E-state index contributed by atoms with van der Waals surface area (Å²) >= 11 is 1.55. The molecule has 7 heteroatoms. The number of rotatable bonds is 5. The molecule has 0 fully saturated rings. The fourth-order valence-electron chi connectivity index (χ4n) is 3.15. The number of carbonyl (C=O) groups excluding carboxylic acids is 1. The van der Waals surface area contributed by atoms with Crippen LogP contribution in [0.2, 0.25) is 0 Å². The molecule has 0 aliphatic carbocycles. The summed E-state index contributed by atoms with van der Waals surface area (Å²) in [5, 5.41) is 14.0. The van der Waals surface area contributed by atoms with Crippen LogP contribution in [-0.2, 0) is 0 Å². The highest BCUT2D eigenvalue weighted by atomic mass is 32.1. The molecule has 2 aromatic carbocycles. The van der Waals surface area contributed by atoms with Crippen molar-refractivity contribution in [2.24, 2.45) is 0 Å². The fraction of sp³-hybridized carbons (Fsp3) is 0. The van der Waals surface area contributed by atoms with Crippen molar-refractivity contribution in [1.82, 2.24) is 19.6 Å². The first kappa shape index (κ1) is 18.1. The monoisotopic (exact) mass is 411 g/mol. The van der Waals surface area contributed by atoms with Crippen LogP contribution in [0.15, 0.2) is 96.6 Å². The maximum atomic E-state index is 13.1. The molecule has 3 heterocycles. The summed E-state index contributed by atoms with van der Waals surface area (Å²) in [5.41, 5.74) is 2.96. The van der Waals surface area contributed by atoms with Gasteiger partial charge in [-0.1, -0.05) is 42.5 Å². The number of amides is 1. The van der Waals surface area contributed by atoms with E-state index in [-0.39, 0.29) is 5.91 Å². The number of nitrogens with one attached hydrogen (secondary N) is 1. The van der Waals surface area contributed by atoms with Crippen LogP contribution in [0.25, 0.3) is 21.9 Å². The number of anilines is 1. The van der Waals surface area contributed by atoms with E-state index in [2.05, 4.69) is 15.5 Å². The van der Waals surface area contributed by atoms with E-state index in [4.69, 9.17) is 0 Å². The molecule has 1 amide bonds. The highest BCUT2D eigenvalue weighted by molar-refractivity contribution is 7.13. The first-order valence-corrected chi connectivity index (χ1v) is 10.3. The molecule has 0 radical (unpaired) electrons. The Morgan fingerprint density at radius 3 is 2.17 bits per heavy atom. The largest absolute Gasteiger partial charge is 0.305 e. The van der Waals surface area contributed by atoms with Crippen LogP contribution in [0.1, 0.15) is 10.4 Å². The molecule has 30 heavy (non-hydrogen) atoms. The lowest BCUT2D eigenvalue weighted by atomic mass is 10.2. The van der Waals surface area contributed by atoms with Crippen molar-refractivity contribution in [1.29, 1.82) is 0 Å². The Kier molecular flexibility index (Phi) is 4.71. The summed E-state index contributed by atoms with van der Waals surface area (Å²) < 4.78 is 3.45. The summed E-state index contributed by atoms with van der Waals surface area (Å²) in [5.74, 6) is 0.229. The molecule has 0 saturated carbocycles. The van der Waals surface area contributed by atoms with Gasteiger partial charge in [0.1, 0.15) is 5.69 Å². The lowest BCUT2D eigenvalue weighted by molar-refractivity contribution is 0.102.